The third kappa shape index (κ3) is 5.06. The minimum atomic E-state index is -0.143. The van der Waals surface area contributed by atoms with Crippen molar-refractivity contribution in [2.75, 3.05) is 23.8 Å². The molecule has 0 unspecified atom stereocenters. The SMILES string of the molecule is CCOC(=O)CSCCCn1ccc(N)n1. The van der Waals surface area contributed by atoms with Crippen molar-refractivity contribution in [3.8, 4) is 0 Å². The van der Waals surface area contributed by atoms with E-state index in [4.69, 9.17) is 10.5 Å². The first-order valence-corrected chi connectivity index (χ1v) is 6.40. The number of carbonyl (C=O) groups excluding carboxylic acids is 1. The maximum absolute atomic E-state index is 11.0. The van der Waals surface area contributed by atoms with E-state index in [0.717, 1.165) is 18.7 Å². The first kappa shape index (κ1) is 12.9. The summed E-state index contributed by atoms with van der Waals surface area (Å²) in [5.41, 5.74) is 5.48. The van der Waals surface area contributed by atoms with Gasteiger partial charge in [-0.3, -0.25) is 9.48 Å². The summed E-state index contributed by atoms with van der Waals surface area (Å²) in [4.78, 5) is 11.0. The van der Waals surface area contributed by atoms with Crippen LogP contribution in [0.25, 0.3) is 0 Å². The van der Waals surface area contributed by atoms with E-state index in [1.165, 1.54) is 0 Å². The number of carbonyl (C=O) groups is 1. The number of anilines is 1. The topological polar surface area (TPSA) is 70.1 Å². The third-order valence-corrected chi connectivity index (χ3v) is 2.88. The maximum atomic E-state index is 11.0. The fourth-order valence-electron chi connectivity index (χ4n) is 1.19. The van der Waals surface area contributed by atoms with Crippen molar-refractivity contribution in [3.63, 3.8) is 0 Å². The zero-order chi connectivity index (χ0) is 11.8. The summed E-state index contributed by atoms with van der Waals surface area (Å²) >= 11 is 1.58. The number of hydrogen-bond acceptors (Lipinski definition) is 5. The quantitative estimate of drug-likeness (QED) is 0.574. The van der Waals surface area contributed by atoms with Crippen LogP contribution < -0.4 is 5.73 Å². The maximum Gasteiger partial charge on any atom is 0.315 e. The molecule has 0 saturated carbocycles. The van der Waals surface area contributed by atoms with Gasteiger partial charge in [-0.2, -0.15) is 16.9 Å². The van der Waals surface area contributed by atoms with Crippen LogP contribution in [-0.2, 0) is 16.1 Å². The molecule has 90 valence electrons. The number of ether oxygens (including phenoxy) is 1. The molecular formula is C10H17N3O2S. The number of nitrogens with two attached hydrogens (primary N) is 1. The normalized spacial score (nSPS) is 10.3. The fraction of sp³-hybridized carbons (Fsp3) is 0.600. The number of hydrogen-bond donors (Lipinski definition) is 1. The van der Waals surface area contributed by atoms with Crippen LogP contribution in [0.4, 0.5) is 5.82 Å². The Morgan fingerprint density at radius 3 is 3.12 bits per heavy atom. The summed E-state index contributed by atoms with van der Waals surface area (Å²) in [6.45, 7) is 3.09. The highest BCUT2D eigenvalue weighted by molar-refractivity contribution is 7.99. The molecule has 0 atom stereocenters. The Hall–Kier alpha value is -1.17. The smallest absolute Gasteiger partial charge is 0.315 e. The van der Waals surface area contributed by atoms with E-state index in [-0.39, 0.29) is 5.97 Å². The predicted octanol–water partition coefficient (Wildman–Crippen LogP) is 1.15. The molecule has 0 spiro atoms. The number of nitrogen functional groups attached to an aromatic ring is 1. The van der Waals surface area contributed by atoms with Crippen LogP contribution in [0.3, 0.4) is 0 Å². The molecule has 0 aliphatic heterocycles. The van der Waals surface area contributed by atoms with Gasteiger partial charge in [-0.05, 0) is 25.2 Å². The van der Waals surface area contributed by atoms with Gasteiger partial charge >= 0.3 is 5.97 Å². The molecule has 0 fully saturated rings. The summed E-state index contributed by atoms with van der Waals surface area (Å²) in [6.07, 6.45) is 2.82. The highest BCUT2D eigenvalue weighted by Gasteiger charge is 2.01. The third-order valence-electron chi connectivity index (χ3n) is 1.86. The van der Waals surface area contributed by atoms with Gasteiger partial charge < -0.3 is 10.5 Å². The molecule has 0 bridgehead atoms. The Kier molecular flexibility index (Phi) is 5.77. The van der Waals surface area contributed by atoms with Crippen molar-refractivity contribution in [2.24, 2.45) is 0 Å². The van der Waals surface area contributed by atoms with Crippen LogP contribution >= 0.6 is 11.8 Å². The van der Waals surface area contributed by atoms with E-state index in [1.807, 2.05) is 13.1 Å². The summed E-state index contributed by atoms with van der Waals surface area (Å²) < 4.78 is 6.62. The Morgan fingerprint density at radius 2 is 2.50 bits per heavy atom. The number of rotatable bonds is 7. The van der Waals surface area contributed by atoms with Crippen LogP contribution in [0, 0.1) is 0 Å². The lowest BCUT2D eigenvalue weighted by Crippen LogP contribution is -2.07. The van der Waals surface area contributed by atoms with Gasteiger partial charge in [0, 0.05) is 12.7 Å². The summed E-state index contributed by atoms with van der Waals surface area (Å²) in [5, 5.41) is 4.07. The molecule has 0 aliphatic carbocycles. The van der Waals surface area contributed by atoms with Crippen LogP contribution in [0.15, 0.2) is 12.3 Å². The molecule has 1 aromatic rings. The van der Waals surface area contributed by atoms with Crippen molar-refractivity contribution in [3.05, 3.63) is 12.3 Å². The molecule has 0 aromatic carbocycles. The molecule has 5 nitrogen and oxygen atoms in total. The summed E-state index contributed by atoms with van der Waals surface area (Å²) in [6, 6.07) is 1.77. The first-order valence-electron chi connectivity index (χ1n) is 5.24. The second kappa shape index (κ2) is 7.16. The lowest BCUT2D eigenvalue weighted by molar-refractivity contribution is -0.139. The van der Waals surface area contributed by atoms with Crippen LogP contribution in [0.5, 0.6) is 0 Å². The highest BCUT2D eigenvalue weighted by Crippen LogP contribution is 2.05. The molecule has 2 N–H and O–H groups in total. The van der Waals surface area contributed by atoms with Gasteiger partial charge in [0.1, 0.15) is 5.82 Å². The Labute approximate surface area is 99.3 Å². The van der Waals surface area contributed by atoms with Gasteiger partial charge in [0.25, 0.3) is 0 Å². The van der Waals surface area contributed by atoms with Gasteiger partial charge in [-0.25, -0.2) is 0 Å². The van der Waals surface area contributed by atoms with Crippen molar-refractivity contribution in [1.82, 2.24) is 9.78 Å². The van der Waals surface area contributed by atoms with E-state index in [1.54, 1.807) is 22.5 Å². The van der Waals surface area contributed by atoms with Crippen LogP contribution in [-0.4, -0.2) is 33.9 Å². The monoisotopic (exact) mass is 243 g/mol. The van der Waals surface area contributed by atoms with Gasteiger partial charge in [0.05, 0.1) is 12.4 Å². The first-order chi connectivity index (χ1) is 7.72. The molecular weight excluding hydrogens is 226 g/mol. The standard InChI is InChI=1S/C10H17N3O2S/c1-2-15-10(14)8-16-7-3-5-13-6-4-9(11)12-13/h4,6H,2-3,5,7-8H2,1H3,(H2,11,12). The molecule has 16 heavy (non-hydrogen) atoms. The van der Waals surface area contributed by atoms with Gasteiger partial charge in [0.2, 0.25) is 0 Å². The molecule has 1 rings (SSSR count). The molecule has 0 aliphatic rings. The molecule has 0 radical (unpaired) electrons. The second-order valence-electron chi connectivity index (χ2n) is 3.21. The molecule has 1 heterocycles. The van der Waals surface area contributed by atoms with Crippen molar-refractivity contribution >= 4 is 23.5 Å². The molecule has 0 saturated heterocycles. The van der Waals surface area contributed by atoms with Crippen molar-refractivity contribution in [2.45, 2.75) is 19.9 Å². The minimum absolute atomic E-state index is 0.143. The van der Waals surface area contributed by atoms with Crippen molar-refractivity contribution < 1.29 is 9.53 Å². The van der Waals surface area contributed by atoms with E-state index >= 15 is 0 Å². The number of thioether (sulfide) groups is 1. The Bertz CT molecular complexity index is 328. The number of aryl methyl sites for hydroxylation is 1. The number of nitrogens with zero attached hydrogens (tertiary/aromatic N) is 2. The summed E-state index contributed by atoms with van der Waals surface area (Å²) in [7, 11) is 0. The lowest BCUT2D eigenvalue weighted by Gasteiger charge is -2.02. The van der Waals surface area contributed by atoms with Crippen molar-refractivity contribution in [1.29, 1.82) is 0 Å². The molecule has 0 amide bonds. The molecule has 1 aromatic heterocycles. The average Bonchev–Trinajstić information content (AvgIpc) is 2.64. The van der Waals surface area contributed by atoms with Crippen LogP contribution in [0.1, 0.15) is 13.3 Å². The summed E-state index contributed by atoms with van der Waals surface area (Å²) in [5.74, 6) is 1.74. The average molecular weight is 243 g/mol. The predicted molar refractivity (Wildman–Crippen MR) is 65.2 cm³/mol. The Morgan fingerprint density at radius 1 is 1.69 bits per heavy atom. The Balaban J connectivity index is 2.02. The second-order valence-corrected chi connectivity index (χ2v) is 4.32. The van der Waals surface area contributed by atoms with Gasteiger partial charge in [0.15, 0.2) is 0 Å². The van der Waals surface area contributed by atoms with Gasteiger partial charge in [-0.15, -0.1) is 0 Å². The van der Waals surface area contributed by atoms with Crippen LogP contribution in [0.2, 0.25) is 0 Å². The largest absolute Gasteiger partial charge is 0.465 e. The lowest BCUT2D eigenvalue weighted by atomic mass is 10.5. The number of aromatic nitrogens is 2. The number of esters is 1. The van der Waals surface area contributed by atoms with E-state index < -0.39 is 0 Å². The van der Waals surface area contributed by atoms with E-state index in [2.05, 4.69) is 5.10 Å². The highest BCUT2D eigenvalue weighted by atomic mass is 32.2. The molecule has 6 heteroatoms. The fourth-order valence-corrected chi connectivity index (χ4v) is 1.92. The van der Waals surface area contributed by atoms with E-state index in [9.17, 15) is 4.79 Å². The van der Waals surface area contributed by atoms with E-state index in [0.29, 0.717) is 18.2 Å². The zero-order valence-electron chi connectivity index (χ0n) is 9.39. The zero-order valence-corrected chi connectivity index (χ0v) is 10.2. The minimum Gasteiger partial charge on any atom is -0.465 e. The van der Waals surface area contributed by atoms with Gasteiger partial charge in [-0.1, -0.05) is 0 Å².